The maximum absolute atomic E-state index is 12.8. The average Bonchev–Trinajstić information content (AvgIpc) is 3.07. The number of amides is 2. The van der Waals surface area contributed by atoms with Gasteiger partial charge in [0.05, 0.1) is 25.7 Å². The lowest BCUT2D eigenvalue weighted by molar-refractivity contribution is -0.122. The number of benzene rings is 2. The quantitative estimate of drug-likeness (QED) is 0.385. The summed E-state index contributed by atoms with van der Waals surface area (Å²) >= 11 is 6.64. The number of nitrogens with zero attached hydrogens (tertiary/aromatic N) is 1. The highest BCUT2D eigenvalue weighted by Gasteiger charge is 2.31. The molecule has 1 saturated heterocycles. The number of hydrogen-bond acceptors (Lipinski definition) is 7. The summed E-state index contributed by atoms with van der Waals surface area (Å²) in [5, 5.41) is 2.85. The number of ether oxygens (including phenoxy) is 3. The van der Waals surface area contributed by atoms with E-state index in [-0.39, 0.29) is 18.2 Å². The minimum atomic E-state index is -0.160. The molecule has 1 fully saturated rings. The molecule has 2 aromatic rings. The van der Waals surface area contributed by atoms with E-state index < -0.39 is 0 Å². The van der Waals surface area contributed by atoms with E-state index in [1.165, 1.54) is 16.7 Å². The smallest absolute Gasteiger partial charge is 0.266 e. The Kier molecular flexibility index (Phi) is 8.73. The first-order chi connectivity index (χ1) is 15.9. The van der Waals surface area contributed by atoms with Crippen LogP contribution in [0.25, 0.3) is 6.08 Å². The normalized spacial score (nSPS) is 14.5. The van der Waals surface area contributed by atoms with Crippen LogP contribution < -0.4 is 19.5 Å². The number of rotatable bonds is 10. The van der Waals surface area contributed by atoms with Crippen LogP contribution in [0.3, 0.4) is 0 Å². The van der Waals surface area contributed by atoms with E-state index in [2.05, 4.69) is 5.32 Å². The van der Waals surface area contributed by atoms with Crippen LogP contribution in [0.5, 0.6) is 17.2 Å². The van der Waals surface area contributed by atoms with Crippen LogP contribution in [0.4, 0.5) is 5.69 Å². The van der Waals surface area contributed by atoms with Gasteiger partial charge in [-0.15, -0.1) is 0 Å². The monoisotopic (exact) mass is 486 g/mol. The number of anilines is 1. The Balaban J connectivity index is 1.53. The summed E-state index contributed by atoms with van der Waals surface area (Å²) in [5.41, 5.74) is 1.51. The molecular formula is C24H26N2O5S2. The lowest BCUT2D eigenvalue weighted by Crippen LogP contribution is -2.29. The maximum atomic E-state index is 12.8. The molecule has 9 heteroatoms. The molecule has 1 aliphatic rings. The Morgan fingerprint density at radius 3 is 2.52 bits per heavy atom. The molecule has 7 nitrogen and oxygen atoms in total. The predicted octanol–water partition coefficient (Wildman–Crippen LogP) is 4.72. The van der Waals surface area contributed by atoms with Crippen LogP contribution in [-0.4, -0.2) is 48.4 Å². The van der Waals surface area contributed by atoms with Crippen molar-refractivity contribution in [3.63, 3.8) is 0 Å². The molecule has 0 unspecified atom stereocenters. The Morgan fingerprint density at radius 2 is 1.85 bits per heavy atom. The van der Waals surface area contributed by atoms with Gasteiger partial charge in [-0.1, -0.05) is 30.0 Å². The third kappa shape index (κ3) is 6.49. The van der Waals surface area contributed by atoms with Gasteiger partial charge in [-0.25, -0.2) is 0 Å². The van der Waals surface area contributed by atoms with E-state index in [9.17, 15) is 9.59 Å². The second-order valence-electron chi connectivity index (χ2n) is 7.06. The highest BCUT2D eigenvalue weighted by Crippen LogP contribution is 2.34. The standard InChI is InChI=1S/C24H26N2O5S2/c1-4-31-18-10-8-17(9-11-18)25-22(27)6-5-13-26-23(28)21(33-24(26)32)15-16-7-12-19(29-2)20(14-16)30-3/h7-12,14-15H,4-6,13H2,1-3H3,(H,25,27)/b21-15-. The molecule has 174 valence electrons. The van der Waals surface area contributed by atoms with Crippen molar-refractivity contribution in [2.24, 2.45) is 0 Å². The summed E-state index contributed by atoms with van der Waals surface area (Å²) in [4.78, 5) is 27.2. The second-order valence-corrected chi connectivity index (χ2v) is 8.73. The Morgan fingerprint density at radius 1 is 1.12 bits per heavy atom. The molecule has 1 aliphatic heterocycles. The zero-order valence-corrected chi connectivity index (χ0v) is 20.4. The molecule has 0 atom stereocenters. The number of methoxy groups -OCH3 is 2. The first kappa shape index (κ1) is 24.6. The van der Waals surface area contributed by atoms with Gasteiger partial charge in [0.2, 0.25) is 5.91 Å². The van der Waals surface area contributed by atoms with Crippen molar-refractivity contribution in [2.45, 2.75) is 19.8 Å². The van der Waals surface area contributed by atoms with E-state index in [0.717, 1.165) is 11.3 Å². The molecule has 2 amide bonds. The Hall–Kier alpha value is -3.04. The van der Waals surface area contributed by atoms with Crippen molar-refractivity contribution in [3.8, 4) is 17.2 Å². The molecular weight excluding hydrogens is 460 g/mol. The number of thiocarbonyl (C=S) groups is 1. The van der Waals surface area contributed by atoms with Crippen molar-refractivity contribution in [1.29, 1.82) is 0 Å². The van der Waals surface area contributed by atoms with Gasteiger partial charge in [0.25, 0.3) is 5.91 Å². The third-order valence-corrected chi connectivity index (χ3v) is 6.19. The molecule has 0 aliphatic carbocycles. The summed E-state index contributed by atoms with van der Waals surface area (Å²) in [6, 6.07) is 12.6. The zero-order chi connectivity index (χ0) is 23.8. The minimum absolute atomic E-state index is 0.120. The van der Waals surface area contributed by atoms with Gasteiger partial charge < -0.3 is 19.5 Å². The van der Waals surface area contributed by atoms with E-state index in [1.54, 1.807) is 44.6 Å². The van der Waals surface area contributed by atoms with Gasteiger partial charge in [-0.2, -0.15) is 0 Å². The van der Waals surface area contributed by atoms with Crippen LogP contribution in [0.15, 0.2) is 47.4 Å². The molecule has 0 spiro atoms. The second kappa shape index (κ2) is 11.7. The molecule has 0 bridgehead atoms. The molecule has 0 saturated carbocycles. The van der Waals surface area contributed by atoms with Crippen molar-refractivity contribution >= 4 is 51.9 Å². The fourth-order valence-corrected chi connectivity index (χ4v) is 4.52. The number of carbonyl (C=O) groups is 2. The number of nitrogens with one attached hydrogen (secondary N) is 1. The van der Waals surface area contributed by atoms with Crippen molar-refractivity contribution in [3.05, 3.63) is 52.9 Å². The average molecular weight is 487 g/mol. The molecule has 0 radical (unpaired) electrons. The van der Waals surface area contributed by atoms with Crippen LogP contribution in [0.2, 0.25) is 0 Å². The Labute approximate surface area is 203 Å². The van der Waals surface area contributed by atoms with E-state index >= 15 is 0 Å². The summed E-state index contributed by atoms with van der Waals surface area (Å²) in [6.07, 6.45) is 2.55. The molecule has 1 N–H and O–H groups in total. The fraction of sp³-hybridized carbons (Fsp3) is 0.292. The van der Waals surface area contributed by atoms with E-state index in [4.69, 9.17) is 26.4 Å². The fourth-order valence-electron chi connectivity index (χ4n) is 3.21. The summed E-state index contributed by atoms with van der Waals surface area (Å²) in [5.74, 6) is 1.68. The lowest BCUT2D eigenvalue weighted by atomic mass is 10.2. The van der Waals surface area contributed by atoms with Crippen molar-refractivity contribution in [1.82, 2.24) is 4.90 Å². The highest BCUT2D eigenvalue weighted by molar-refractivity contribution is 8.26. The first-order valence-corrected chi connectivity index (χ1v) is 11.7. The van der Waals surface area contributed by atoms with Gasteiger partial charge in [0.15, 0.2) is 11.5 Å². The van der Waals surface area contributed by atoms with Crippen LogP contribution in [-0.2, 0) is 9.59 Å². The number of hydrogen-bond donors (Lipinski definition) is 1. The Bertz CT molecular complexity index is 1050. The maximum Gasteiger partial charge on any atom is 0.266 e. The highest BCUT2D eigenvalue weighted by atomic mass is 32.2. The van der Waals surface area contributed by atoms with E-state index in [1.807, 2.05) is 25.1 Å². The van der Waals surface area contributed by atoms with Gasteiger partial charge in [-0.05, 0) is 61.4 Å². The summed E-state index contributed by atoms with van der Waals surface area (Å²) in [6.45, 7) is 2.89. The van der Waals surface area contributed by atoms with Gasteiger partial charge in [0.1, 0.15) is 10.1 Å². The zero-order valence-electron chi connectivity index (χ0n) is 18.8. The SMILES string of the molecule is CCOc1ccc(NC(=O)CCCN2C(=O)/C(=C/c3ccc(OC)c(OC)c3)SC2=S)cc1. The predicted molar refractivity (Wildman–Crippen MR) is 135 cm³/mol. The van der Waals surface area contributed by atoms with E-state index in [0.29, 0.717) is 46.0 Å². The minimum Gasteiger partial charge on any atom is -0.494 e. The largest absolute Gasteiger partial charge is 0.494 e. The molecule has 3 rings (SSSR count). The number of thioether (sulfide) groups is 1. The van der Waals surface area contributed by atoms with Gasteiger partial charge >= 0.3 is 0 Å². The van der Waals surface area contributed by atoms with Crippen LogP contribution in [0, 0.1) is 0 Å². The summed E-state index contributed by atoms with van der Waals surface area (Å²) in [7, 11) is 3.13. The van der Waals surface area contributed by atoms with Crippen LogP contribution >= 0.6 is 24.0 Å². The molecule has 0 aromatic heterocycles. The number of carbonyl (C=O) groups excluding carboxylic acids is 2. The van der Waals surface area contributed by atoms with Gasteiger partial charge in [-0.3, -0.25) is 14.5 Å². The molecule has 33 heavy (non-hydrogen) atoms. The van der Waals surface area contributed by atoms with Gasteiger partial charge in [0, 0.05) is 18.7 Å². The molecule has 2 aromatic carbocycles. The first-order valence-electron chi connectivity index (χ1n) is 10.4. The van der Waals surface area contributed by atoms with Crippen molar-refractivity contribution < 1.29 is 23.8 Å². The summed E-state index contributed by atoms with van der Waals surface area (Å²) < 4.78 is 16.4. The topological polar surface area (TPSA) is 77.1 Å². The lowest BCUT2D eigenvalue weighted by Gasteiger charge is -2.14. The third-order valence-electron chi connectivity index (χ3n) is 4.81. The molecule has 1 heterocycles. The van der Waals surface area contributed by atoms with Crippen molar-refractivity contribution in [2.75, 3.05) is 32.7 Å². The van der Waals surface area contributed by atoms with Crippen LogP contribution in [0.1, 0.15) is 25.3 Å².